The smallest absolute Gasteiger partial charge is 0.241 e. The molecule has 0 aliphatic heterocycles. The number of hydrogen-bond acceptors (Lipinski definition) is 3. The summed E-state index contributed by atoms with van der Waals surface area (Å²) in [5.74, 6) is -1.14. The second-order valence-corrected chi connectivity index (χ2v) is 3.55. The Balaban J connectivity index is 2.72. The fraction of sp³-hybridized carbons (Fsp3) is 0.364. The Kier molecular flexibility index (Phi) is 4.25. The molecule has 1 aromatic carbocycles. The molecule has 0 heterocycles. The molecule has 1 rings (SSSR count). The van der Waals surface area contributed by atoms with E-state index in [9.17, 15) is 14.3 Å². The van der Waals surface area contributed by atoms with Gasteiger partial charge in [-0.15, -0.1) is 0 Å². The number of benzene rings is 1. The van der Waals surface area contributed by atoms with Crippen molar-refractivity contribution in [3.05, 3.63) is 24.0 Å². The average molecular weight is 226 g/mol. The van der Waals surface area contributed by atoms with Crippen molar-refractivity contribution in [3.63, 3.8) is 0 Å². The first-order valence-electron chi connectivity index (χ1n) is 5.09. The fourth-order valence-corrected chi connectivity index (χ4v) is 1.28. The van der Waals surface area contributed by atoms with Crippen LogP contribution in [0.3, 0.4) is 0 Å². The van der Waals surface area contributed by atoms with E-state index in [1.807, 2.05) is 6.92 Å². The van der Waals surface area contributed by atoms with E-state index in [-0.39, 0.29) is 11.4 Å². The summed E-state index contributed by atoms with van der Waals surface area (Å²) in [5.41, 5.74) is 5.61. The number of phenols is 1. The molecule has 0 fully saturated rings. The van der Waals surface area contributed by atoms with Crippen LogP contribution in [0.25, 0.3) is 0 Å². The van der Waals surface area contributed by atoms with E-state index in [1.165, 1.54) is 6.07 Å². The second-order valence-electron chi connectivity index (χ2n) is 3.55. The minimum absolute atomic E-state index is 0.0385. The van der Waals surface area contributed by atoms with Crippen LogP contribution in [0, 0.1) is 5.82 Å². The molecular weight excluding hydrogens is 211 g/mol. The minimum atomic E-state index is -0.646. The van der Waals surface area contributed by atoms with Crippen molar-refractivity contribution < 1.29 is 14.3 Å². The molecule has 0 radical (unpaired) electrons. The molecule has 0 aliphatic rings. The zero-order valence-corrected chi connectivity index (χ0v) is 9.03. The van der Waals surface area contributed by atoms with Crippen LogP contribution in [-0.2, 0) is 4.79 Å². The van der Waals surface area contributed by atoms with Crippen LogP contribution in [0.2, 0.25) is 0 Å². The molecule has 0 bridgehead atoms. The van der Waals surface area contributed by atoms with E-state index in [2.05, 4.69) is 5.32 Å². The van der Waals surface area contributed by atoms with Gasteiger partial charge in [-0.3, -0.25) is 4.79 Å². The number of carbonyl (C=O) groups excluding carboxylic acids is 1. The van der Waals surface area contributed by atoms with Crippen molar-refractivity contribution in [2.45, 2.75) is 25.8 Å². The lowest BCUT2D eigenvalue weighted by atomic mass is 10.1. The van der Waals surface area contributed by atoms with Gasteiger partial charge in [-0.05, 0) is 18.6 Å². The maximum atomic E-state index is 12.9. The summed E-state index contributed by atoms with van der Waals surface area (Å²) >= 11 is 0. The maximum Gasteiger partial charge on any atom is 0.241 e. The highest BCUT2D eigenvalue weighted by Crippen LogP contribution is 2.23. The Hall–Kier alpha value is -1.62. The number of hydrogen-bond donors (Lipinski definition) is 3. The second kappa shape index (κ2) is 5.46. The Bertz CT molecular complexity index is 382. The average Bonchev–Trinajstić information content (AvgIpc) is 2.23. The summed E-state index contributed by atoms with van der Waals surface area (Å²) in [7, 11) is 0. The first kappa shape index (κ1) is 12.4. The molecule has 88 valence electrons. The van der Waals surface area contributed by atoms with E-state index in [4.69, 9.17) is 5.73 Å². The highest BCUT2D eigenvalue weighted by Gasteiger charge is 2.14. The normalized spacial score (nSPS) is 12.2. The molecule has 5 heteroatoms. The standard InChI is InChI=1S/C11H15FN2O2/c1-2-3-8(13)11(16)14-9-6-7(12)4-5-10(9)15/h4-6,8,15H,2-3,13H2,1H3,(H,14,16). The lowest BCUT2D eigenvalue weighted by Crippen LogP contribution is -2.35. The van der Waals surface area contributed by atoms with Crippen molar-refractivity contribution in [1.29, 1.82) is 0 Å². The summed E-state index contributed by atoms with van der Waals surface area (Å²) in [4.78, 5) is 11.5. The van der Waals surface area contributed by atoms with Crippen LogP contribution in [0.5, 0.6) is 5.75 Å². The largest absolute Gasteiger partial charge is 0.506 e. The van der Waals surface area contributed by atoms with E-state index in [1.54, 1.807) is 0 Å². The van der Waals surface area contributed by atoms with Crippen LogP contribution < -0.4 is 11.1 Å². The van der Waals surface area contributed by atoms with Gasteiger partial charge >= 0.3 is 0 Å². The summed E-state index contributed by atoms with van der Waals surface area (Å²) in [5, 5.41) is 11.8. The molecule has 0 saturated heterocycles. The lowest BCUT2D eigenvalue weighted by molar-refractivity contribution is -0.117. The van der Waals surface area contributed by atoms with Gasteiger partial charge in [-0.1, -0.05) is 13.3 Å². The number of halogens is 1. The zero-order chi connectivity index (χ0) is 12.1. The van der Waals surface area contributed by atoms with Crippen molar-refractivity contribution >= 4 is 11.6 Å². The van der Waals surface area contributed by atoms with E-state index >= 15 is 0 Å². The Morgan fingerprint density at radius 1 is 1.62 bits per heavy atom. The summed E-state index contributed by atoms with van der Waals surface area (Å²) in [6, 6.07) is 2.69. The number of phenolic OH excluding ortho intramolecular Hbond substituents is 1. The first-order valence-corrected chi connectivity index (χ1v) is 5.09. The third kappa shape index (κ3) is 3.20. The SMILES string of the molecule is CCCC(N)C(=O)Nc1cc(F)ccc1O. The van der Waals surface area contributed by atoms with Gasteiger partial charge in [-0.25, -0.2) is 4.39 Å². The Labute approximate surface area is 93.3 Å². The Morgan fingerprint density at radius 3 is 2.94 bits per heavy atom. The van der Waals surface area contributed by atoms with Gasteiger partial charge in [0.1, 0.15) is 11.6 Å². The molecule has 0 aromatic heterocycles. The van der Waals surface area contributed by atoms with Crippen LogP contribution in [0.1, 0.15) is 19.8 Å². The number of carbonyl (C=O) groups is 1. The molecule has 0 aliphatic carbocycles. The molecule has 1 amide bonds. The van der Waals surface area contributed by atoms with Gasteiger partial charge < -0.3 is 16.2 Å². The number of nitrogens with one attached hydrogen (secondary N) is 1. The van der Waals surface area contributed by atoms with Crippen molar-refractivity contribution in [2.75, 3.05) is 5.32 Å². The van der Waals surface area contributed by atoms with Crippen molar-refractivity contribution in [2.24, 2.45) is 5.73 Å². The van der Waals surface area contributed by atoms with Gasteiger partial charge in [0.2, 0.25) is 5.91 Å². The highest BCUT2D eigenvalue weighted by molar-refractivity contribution is 5.95. The van der Waals surface area contributed by atoms with Gasteiger partial charge in [0.05, 0.1) is 11.7 Å². The number of anilines is 1. The Morgan fingerprint density at radius 2 is 2.31 bits per heavy atom. The van der Waals surface area contributed by atoms with Gasteiger partial charge in [0.15, 0.2) is 0 Å². The van der Waals surface area contributed by atoms with Crippen LogP contribution in [0.4, 0.5) is 10.1 Å². The summed E-state index contributed by atoms with van der Waals surface area (Å²) in [6.45, 7) is 1.91. The maximum absolute atomic E-state index is 12.9. The fourth-order valence-electron chi connectivity index (χ4n) is 1.28. The van der Waals surface area contributed by atoms with Crippen molar-refractivity contribution in [1.82, 2.24) is 0 Å². The lowest BCUT2D eigenvalue weighted by Gasteiger charge is -2.12. The quantitative estimate of drug-likeness (QED) is 0.682. The monoisotopic (exact) mass is 226 g/mol. The van der Waals surface area contributed by atoms with Gasteiger partial charge in [-0.2, -0.15) is 0 Å². The predicted molar refractivity (Wildman–Crippen MR) is 59.6 cm³/mol. The van der Waals surface area contributed by atoms with Crippen molar-refractivity contribution in [3.8, 4) is 5.75 Å². The topological polar surface area (TPSA) is 75.4 Å². The predicted octanol–water partition coefficient (Wildman–Crippen LogP) is 1.60. The number of amides is 1. The number of nitrogens with two attached hydrogens (primary N) is 1. The number of aromatic hydroxyl groups is 1. The molecule has 4 nitrogen and oxygen atoms in total. The molecule has 1 aromatic rings. The van der Waals surface area contributed by atoms with E-state index < -0.39 is 17.8 Å². The number of rotatable bonds is 4. The third-order valence-corrected chi connectivity index (χ3v) is 2.15. The van der Waals surface area contributed by atoms with Gasteiger partial charge in [0.25, 0.3) is 0 Å². The molecule has 0 saturated carbocycles. The third-order valence-electron chi connectivity index (χ3n) is 2.15. The molecule has 1 atom stereocenters. The minimum Gasteiger partial charge on any atom is -0.506 e. The van der Waals surface area contributed by atoms with Crippen LogP contribution in [0.15, 0.2) is 18.2 Å². The van der Waals surface area contributed by atoms with Crippen LogP contribution in [-0.4, -0.2) is 17.1 Å². The van der Waals surface area contributed by atoms with E-state index in [0.29, 0.717) is 6.42 Å². The van der Waals surface area contributed by atoms with Gasteiger partial charge in [0, 0.05) is 6.07 Å². The summed E-state index contributed by atoms with van der Waals surface area (Å²) in [6.07, 6.45) is 1.33. The first-order chi connectivity index (χ1) is 7.54. The molecule has 16 heavy (non-hydrogen) atoms. The molecular formula is C11H15FN2O2. The zero-order valence-electron chi connectivity index (χ0n) is 9.03. The van der Waals surface area contributed by atoms with Crippen LogP contribution >= 0.6 is 0 Å². The van der Waals surface area contributed by atoms with E-state index in [0.717, 1.165) is 18.6 Å². The molecule has 1 unspecified atom stereocenters. The highest BCUT2D eigenvalue weighted by atomic mass is 19.1. The molecule has 4 N–H and O–H groups in total. The summed E-state index contributed by atoms with van der Waals surface area (Å²) < 4.78 is 12.9. The molecule has 0 spiro atoms.